The number of hydrogen-bond acceptors (Lipinski definition) is 3. The number of ether oxygens (including phenoxy) is 1. The van der Waals surface area contributed by atoms with E-state index in [2.05, 4.69) is 5.32 Å². The number of nitrogens with zero attached hydrogens (tertiary/aromatic N) is 1. The maximum atomic E-state index is 13.3. The van der Waals surface area contributed by atoms with Gasteiger partial charge in [0, 0.05) is 37.2 Å². The molecule has 1 aromatic carbocycles. The Kier molecular flexibility index (Phi) is 7.58. The summed E-state index contributed by atoms with van der Waals surface area (Å²) in [7, 11) is 0. The SMILES string of the molecule is CC(C)OCCCNC(=O)C1CCN(C(=O)C2(c3ccc(Cl)cc3)CCC2)CC1. The Morgan fingerprint density at radius 3 is 2.41 bits per heavy atom. The number of nitrogens with one attached hydrogen (secondary N) is 1. The molecule has 0 aromatic heterocycles. The summed E-state index contributed by atoms with van der Waals surface area (Å²) in [4.78, 5) is 27.7. The summed E-state index contributed by atoms with van der Waals surface area (Å²) >= 11 is 6.02. The van der Waals surface area contributed by atoms with Crippen LogP contribution in [0.3, 0.4) is 0 Å². The van der Waals surface area contributed by atoms with E-state index in [1.54, 1.807) is 0 Å². The van der Waals surface area contributed by atoms with Gasteiger partial charge < -0.3 is 15.0 Å². The molecule has 5 nitrogen and oxygen atoms in total. The summed E-state index contributed by atoms with van der Waals surface area (Å²) in [5.41, 5.74) is 0.678. The van der Waals surface area contributed by atoms with Crippen molar-refractivity contribution in [3.05, 3.63) is 34.9 Å². The summed E-state index contributed by atoms with van der Waals surface area (Å²) < 4.78 is 5.50. The van der Waals surface area contributed by atoms with Crippen molar-refractivity contribution in [2.75, 3.05) is 26.2 Å². The Morgan fingerprint density at radius 1 is 1.21 bits per heavy atom. The first-order chi connectivity index (χ1) is 13.9. The Morgan fingerprint density at radius 2 is 1.86 bits per heavy atom. The molecule has 2 amide bonds. The topological polar surface area (TPSA) is 58.6 Å². The van der Waals surface area contributed by atoms with E-state index in [0.717, 1.165) is 44.1 Å². The highest BCUT2D eigenvalue weighted by Crippen LogP contribution is 2.46. The predicted octanol–water partition coefficient (Wildman–Crippen LogP) is 3.93. The second-order valence-electron chi connectivity index (χ2n) is 8.57. The number of halogens is 1. The molecule has 1 aliphatic heterocycles. The van der Waals surface area contributed by atoms with Gasteiger partial charge in [-0.3, -0.25) is 9.59 Å². The Labute approximate surface area is 179 Å². The van der Waals surface area contributed by atoms with Gasteiger partial charge in [0.25, 0.3) is 0 Å². The van der Waals surface area contributed by atoms with Gasteiger partial charge in [-0.15, -0.1) is 0 Å². The van der Waals surface area contributed by atoms with E-state index in [1.807, 2.05) is 43.0 Å². The van der Waals surface area contributed by atoms with Crippen molar-refractivity contribution in [1.82, 2.24) is 10.2 Å². The molecular weight excluding hydrogens is 388 g/mol. The minimum absolute atomic E-state index is 0.00191. The van der Waals surface area contributed by atoms with Crippen molar-refractivity contribution >= 4 is 23.4 Å². The number of carbonyl (C=O) groups excluding carboxylic acids is 2. The lowest BCUT2D eigenvalue weighted by atomic mass is 9.63. The Balaban J connectivity index is 1.48. The van der Waals surface area contributed by atoms with Crippen molar-refractivity contribution in [1.29, 1.82) is 0 Å². The van der Waals surface area contributed by atoms with E-state index < -0.39 is 5.41 Å². The number of rotatable bonds is 8. The molecular formula is C23H33ClN2O3. The molecule has 29 heavy (non-hydrogen) atoms. The van der Waals surface area contributed by atoms with Gasteiger partial charge in [0.15, 0.2) is 0 Å². The standard InChI is InChI=1S/C23H33ClN2O3/c1-17(2)29-16-4-13-25-21(27)18-9-14-26(15-10-18)22(28)23(11-3-12-23)19-5-7-20(24)8-6-19/h5-8,17-18H,3-4,9-16H2,1-2H3,(H,25,27). The normalized spacial score (nSPS) is 19.1. The number of benzene rings is 1. The molecule has 2 aliphatic rings. The zero-order valence-corrected chi connectivity index (χ0v) is 18.3. The highest BCUT2D eigenvalue weighted by Gasteiger charge is 2.48. The third-order valence-corrected chi connectivity index (χ3v) is 6.49. The van der Waals surface area contributed by atoms with Gasteiger partial charge in [0.1, 0.15) is 0 Å². The van der Waals surface area contributed by atoms with Crippen LogP contribution in [0.5, 0.6) is 0 Å². The minimum Gasteiger partial charge on any atom is -0.379 e. The van der Waals surface area contributed by atoms with Crippen LogP contribution in [0.25, 0.3) is 0 Å². The van der Waals surface area contributed by atoms with Gasteiger partial charge in [-0.2, -0.15) is 0 Å². The van der Waals surface area contributed by atoms with Gasteiger partial charge >= 0.3 is 0 Å². The molecule has 0 radical (unpaired) electrons. The molecule has 0 spiro atoms. The summed E-state index contributed by atoms with van der Waals surface area (Å²) in [5, 5.41) is 3.71. The van der Waals surface area contributed by atoms with Crippen LogP contribution in [-0.2, 0) is 19.7 Å². The van der Waals surface area contributed by atoms with Gasteiger partial charge in [-0.25, -0.2) is 0 Å². The van der Waals surface area contributed by atoms with Crippen LogP contribution in [0.4, 0.5) is 0 Å². The molecule has 3 rings (SSSR count). The van der Waals surface area contributed by atoms with Gasteiger partial charge in [0.05, 0.1) is 11.5 Å². The third kappa shape index (κ3) is 5.32. The summed E-state index contributed by atoms with van der Waals surface area (Å²) in [5.74, 6) is 0.325. The van der Waals surface area contributed by atoms with Gasteiger partial charge in [0.2, 0.25) is 11.8 Å². The predicted molar refractivity (Wildman–Crippen MR) is 115 cm³/mol. The first-order valence-corrected chi connectivity index (χ1v) is 11.2. The number of amides is 2. The van der Waals surface area contributed by atoms with E-state index in [0.29, 0.717) is 31.3 Å². The van der Waals surface area contributed by atoms with E-state index in [-0.39, 0.29) is 23.8 Å². The zero-order chi connectivity index (χ0) is 20.9. The Hall–Kier alpha value is -1.59. The molecule has 0 unspecified atom stereocenters. The second kappa shape index (κ2) is 9.94. The fourth-order valence-electron chi connectivity index (χ4n) is 4.32. The van der Waals surface area contributed by atoms with Crippen molar-refractivity contribution < 1.29 is 14.3 Å². The molecule has 1 heterocycles. The van der Waals surface area contributed by atoms with Crippen molar-refractivity contribution in [3.63, 3.8) is 0 Å². The molecule has 2 fully saturated rings. The summed E-state index contributed by atoms with van der Waals surface area (Å²) in [6.45, 7) is 6.64. The molecule has 1 saturated heterocycles. The van der Waals surface area contributed by atoms with Crippen LogP contribution in [-0.4, -0.2) is 49.1 Å². The average Bonchev–Trinajstić information content (AvgIpc) is 2.68. The van der Waals surface area contributed by atoms with Crippen LogP contribution in [0.15, 0.2) is 24.3 Å². The largest absolute Gasteiger partial charge is 0.379 e. The van der Waals surface area contributed by atoms with Gasteiger partial charge in [-0.05, 0) is 63.6 Å². The average molecular weight is 421 g/mol. The van der Waals surface area contributed by atoms with Crippen molar-refractivity contribution in [2.45, 2.75) is 63.9 Å². The van der Waals surface area contributed by atoms with E-state index in [1.165, 1.54) is 0 Å². The van der Waals surface area contributed by atoms with Crippen molar-refractivity contribution in [2.24, 2.45) is 5.92 Å². The highest BCUT2D eigenvalue weighted by molar-refractivity contribution is 6.30. The molecule has 1 aromatic rings. The van der Waals surface area contributed by atoms with E-state index in [9.17, 15) is 9.59 Å². The molecule has 0 atom stereocenters. The summed E-state index contributed by atoms with van der Waals surface area (Å²) in [6.07, 6.45) is 5.38. The van der Waals surface area contributed by atoms with E-state index in [4.69, 9.17) is 16.3 Å². The molecule has 1 aliphatic carbocycles. The van der Waals surface area contributed by atoms with Crippen LogP contribution in [0, 0.1) is 5.92 Å². The number of piperidine rings is 1. The van der Waals surface area contributed by atoms with Crippen LogP contribution in [0.1, 0.15) is 57.9 Å². The first-order valence-electron chi connectivity index (χ1n) is 10.9. The molecule has 0 bridgehead atoms. The maximum Gasteiger partial charge on any atom is 0.233 e. The molecule has 1 saturated carbocycles. The van der Waals surface area contributed by atoms with E-state index >= 15 is 0 Å². The smallest absolute Gasteiger partial charge is 0.233 e. The zero-order valence-electron chi connectivity index (χ0n) is 17.6. The number of likely N-dealkylation sites (tertiary alicyclic amines) is 1. The number of hydrogen-bond donors (Lipinski definition) is 1. The second-order valence-corrected chi connectivity index (χ2v) is 9.01. The molecule has 6 heteroatoms. The highest BCUT2D eigenvalue weighted by atomic mass is 35.5. The minimum atomic E-state index is -0.393. The first kappa shape index (κ1) is 22.1. The molecule has 1 N–H and O–H groups in total. The van der Waals surface area contributed by atoms with Gasteiger partial charge in [-0.1, -0.05) is 30.2 Å². The van der Waals surface area contributed by atoms with Crippen molar-refractivity contribution in [3.8, 4) is 0 Å². The fraction of sp³-hybridized carbons (Fsp3) is 0.652. The lowest BCUT2D eigenvalue weighted by Crippen LogP contribution is -2.53. The molecule has 160 valence electrons. The van der Waals surface area contributed by atoms with Crippen LogP contribution < -0.4 is 5.32 Å². The Bertz CT molecular complexity index is 693. The lowest BCUT2D eigenvalue weighted by Gasteiger charge is -2.45. The maximum absolute atomic E-state index is 13.3. The third-order valence-electron chi connectivity index (χ3n) is 6.24. The monoisotopic (exact) mass is 420 g/mol. The lowest BCUT2D eigenvalue weighted by molar-refractivity contribution is -0.144. The van der Waals surface area contributed by atoms with Crippen LogP contribution in [0.2, 0.25) is 5.02 Å². The van der Waals surface area contributed by atoms with Crippen LogP contribution >= 0.6 is 11.6 Å². The number of carbonyl (C=O) groups is 2. The fourth-order valence-corrected chi connectivity index (χ4v) is 4.45. The summed E-state index contributed by atoms with van der Waals surface area (Å²) in [6, 6.07) is 7.71. The quantitative estimate of drug-likeness (QED) is 0.648.